The Hall–Kier alpha value is -1.09. The van der Waals surface area contributed by atoms with Gasteiger partial charge in [0.2, 0.25) is 0 Å². The Morgan fingerprint density at radius 1 is 1.35 bits per heavy atom. The topological polar surface area (TPSA) is 42.1 Å². The van der Waals surface area contributed by atoms with Crippen LogP contribution in [0.2, 0.25) is 0 Å². The Kier molecular flexibility index (Phi) is 4.00. The predicted octanol–water partition coefficient (Wildman–Crippen LogP) is 2.48. The largest absolute Gasteiger partial charge is 0.357 e. The van der Waals surface area contributed by atoms with E-state index in [1.54, 1.807) is 0 Å². The zero-order chi connectivity index (χ0) is 12.3. The highest BCUT2D eigenvalue weighted by Gasteiger charge is 2.18. The molecule has 1 aromatic heterocycles. The highest BCUT2D eigenvalue weighted by atomic mass is 15.2. The average Bonchev–Trinajstić information content (AvgIpc) is 2.39. The first-order chi connectivity index (χ1) is 8.24. The van der Waals surface area contributed by atoms with Crippen LogP contribution in [0.1, 0.15) is 37.4 Å². The van der Waals surface area contributed by atoms with Crippen molar-refractivity contribution in [3.8, 4) is 0 Å². The van der Waals surface area contributed by atoms with Crippen molar-refractivity contribution in [1.29, 1.82) is 0 Å². The number of aromatic nitrogens is 1. The number of hydrogen-bond donors (Lipinski definition) is 1. The normalized spacial score (nSPS) is 17.5. The summed E-state index contributed by atoms with van der Waals surface area (Å²) in [6, 6.07) is 4.23. The van der Waals surface area contributed by atoms with Gasteiger partial charge in [0.25, 0.3) is 0 Å². The summed E-state index contributed by atoms with van der Waals surface area (Å²) in [5, 5.41) is 0. The SMILES string of the molecule is CCC1CCN(c2ccc(CN)c(C)n2)CC1. The van der Waals surface area contributed by atoms with Gasteiger partial charge in [-0.15, -0.1) is 0 Å². The van der Waals surface area contributed by atoms with E-state index >= 15 is 0 Å². The number of anilines is 1. The third-order valence-electron chi connectivity index (χ3n) is 3.92. The van der Waals surface area contributed by atoms with E-state index in [0.29, 0.717) is 6.54 Å². The molecule has 2 N–H and O–H groups in total. The van der Waals surface area contributed by atoms with Gasteiger partial charge in [0.1, 0.15) is 5.82 Å². The van der Waals surface area contributed by atoms with Gasteiger partial charge in [0.05, 0.1) is 0 Å². The number of hydrogen-bond acceptors (Lipinski definition) is 3. The molecule has 0 unspecified atom stereocenters. The van der Waals surface area contributed by atoms with Crippen LogP contribution in [0.15, 0.2) is 12.1 Å². The Morgan fingerprint density at radius 3 is 2.59 bits per heavy atom. The lowest BCUT2D eigenvalue weighted by atomic mass is 9.94. The standard InChI is InChI=1S/C14H23N3/c1-3-12-6-8-17(9-7-12)14-5-4-13(10-15)11(2)16-14/h4-5,12H,3,6-10,15H2,1-2H3. The van der Waals surface area contributed by atoms with Crippen molar-refractivity contribution in [2.45, 2.75) is 39.7 Å². The quantitative estimate of drug-likeness (QED) is 0.872. The molecular formula is C14H23N3. The molecule has 2 rings (SSSR count). The lowest BCUT2D eigenvalue weighted by Crippen LogP contribution is -2.34. The Morgan fingerprint density at radius 2 is 2.06 bits per heavy atom. The van der Waals surface area contributed by atoms with E-state index in [-0.39, 0.29) is 0 Å². The fraction of sp³-hybridized carbons (Fsp3) is 0.643. The average molecular weight is 233 g/mol. The second kappa shape index (κ2) is 5.50. The summed E-state index contributed by atoms with van der Waals surface area (Å²) < 4.78 is 0. The first kappa shape index (κ1) is 12.4. The molecule has 1 aliphatic heterocycles. The second-order valence-corrected chi connectivity index (χ2v) is 4.96. The molecule has 0 aromatic carbocycles. The molecule has 3 heteroatoms. The lowest BCUT2D eigenvalue weighted by Gasteiger charge is -2.32. The Bertz CT molecular complexity index is 368. The summed E-state index contributed by atoms with van der Waals surface area (Å²) in [4.78, 5) is 7.07. The zero-order valence-electron chi connectivity index (χ0n) is 10.9. The molecule has 2 heterocycles. The van der Waals surface area contributed by atoms with Gasteiger partial charge in [-0.05, 0) is 37.3 Å². The van der Waals surface area contributed by atoms with Gasteiger partial charge in [-0.2, -0.15) is 0 Å². The highest BCUT2D eigenvalue weighted by molar-refractivity contribution is 5.42. The van der Waals surface area contributed by atoms with Gasteiger partial charge in [0, 0.05) is 25.3 Å². The van der Waals surface area contributed by atoms with Crippen LogP contribution in [0, 0.1) is 12.8 Å². The second-order valence-electron chi connectivity index (χ2n) is 4.96. The minimum absolute atomic E-state index is 0.580. The molecule has 0 atom stereocenters. The van der Waals surface area contributed by atoms with Crippen LogP contribution in [0.4, 0.5) is 5.82 Å². The maximum absolute atomic E-state index is 5.66. The van der Waals surface area contributed by atoms with E-state index < -0.39 is 0 Å². The van der Waals surface area contributed by atoms with Crippen LogP contribution in [-0.4, -0.2) is 18.1 Å². The molecule has 17 heavy (non-hydrogen) atoms. The molecule has 0 radical (unpaired) electrons. The minimum Gasteiger partial charge on any atom is -0.357 e. The Labute approximate surface area is 104 Å². The highest BCUT2D eigenvalue weighted by Crippen LogP contribution is 2.24. The monoisotopic (exact) mass is 233 g/mol. The van der Waals surface area contributed by atoms with Crippen LogP contribution in [0.5, 0.6) is 0 Å². The molecule has 0 spiro atoms. The van der Waals surface area contributed by atoms with Crippen molar-refractivity contribution < 1.29 is 0 Å². The Balaban J connectivity index is 2.06. The van der Waals surface area contributed by atoms with Gasteiger partial charge < -0.3 is 10.6 Å². The fourth-order valence-electron chi connectivity index (χ4n) is 2.54. The van der Waals surface area contributed by atoms with Crippen LogP contribution in [0.3, 0.4) is 0 Å². The number of rotatable bonds is 3. The first-order valence-corrected chi connectivity index (χ1v) is 6.66. The van der Waals surface area contributed by atoms with Crippen LogP contribution < -0.4 is 10.6 Å². The van der Waals surface area contributed by atoms with Crippen molar-refractivity contribution >= 4 is 5.82 Å². The van der Waals surface area contributed by atoms with Crippen molar-refractivity contribution in [3.05, 3.63) is 23.4 Å². The predicted molar refractivity (Wildman–Crippen MR) is 72.1 cm³/mol. The van der Waals surface area contributed by atoms with E-state index in [1.165, 1.54) is 19.3 Å². The van der Waals surface area contributed by atoms with Crippen molar-refractivity contribution in [2.24, 2.45) is 11.7 Å². The van der Waals surface area contributed by atoms with E-state index in [4.69, 9.17) is 5.73 Å². The maximum atomic E-state index is 5.66. The van der Waals surface area contributed by atoms with E-state index in [1.807, 2.05) is 6.92 Å². The maximum Gasteiger partial charge on any atom is 0.128 e. The zero-order valence-corrected chi connectivity index (χ0v) is 10.9. The third-order valence-corrected chi connectivity index (χ3v) is 3.92. The van der Waals surface area contributed by atoms with Crippen LogP contribution in [-0.2, 0) is 6.54 Å². The number of aryl methyl sites for hydroxylation is 1. The number of nitrogens with zero attached hydrogens (tertiary/aromatic N) is 2. The summed E-state index contributed by atoms with van der Waals surface area (Å²) in [5.74, 6) is 2.03. The summed E-state index contributed by atoms with van der Waals surface area (Å²) >= 11 is 0. The molecule has 3 nitrogen and oxygen atoms in total. The van der Waals surface area contributed by atoms with Crippen molar-refractivity contribution in [1.82, 2.24) is 4.98 Å². The molecule has 1 fully saturated rings. The molecule has 0 aliphatic carbocycles. The molecule has 1 saturated heterocycles. The van der Waals surface area contributed by atoms with Crippen molar-refractivity contribution in [3.63, 3.8) is 0 Å². The molecule has 0 saturated carbocycles. The van der Waals surface area contributed by atoms with Gasteiger partial charge >= 0.3 is 0 Å². The minimum atomic E-state index is 0.580. The fourth-order valence-corrected chi connectivity index (χ4v) is 2.54. The summed E-state index contributed by atoms with van der Waals surface area (Å²) in [6.07, 6.45) is 3.91. The van der Waals surface area contributed by atoms with E-state index in [2.05, 4.69) is 28.9 Å². The van der Waals surface area contributed by atoms with E-state index in [0.717, 1.165) is 36.1 Å². The summed E-state index contributed by atoms with van der Waals surface area (Å²) in [6.45, 7) is 7.21. The lowest BCUT2D eigenvalue weighted by molar-refractivity contribution is 0.393. The molecule has 0 bridgehead atoms. The third kappa shape index (κ3) is 2.78. The summed E-state index contributed by atoms with van der Waals surface area (Å²) in [7, 11) is 0. The summed E-state index contributed by atoms with van der Waals surface area (Å²) in [5.41, 5.74) is 7.88. The number of nitrogens with two attached hydrogens (primary N) is 1. The molecular weight excluding hydrogens is 210 g/mol. The first-order valence-electron chi connectivity index (χ1n) is 6.66. The smallest absolute Gasteiger partial charge is 0.128 e. The van der Waals surface area contributed by atoms with E-state index in [9.17, 15) is 0 Å². The van der Waals surface area contributed by atoms with Crippen molar-refractivity contribution in [2.75, 3.05) is 18.0 Å². The molecule has 1 aliphatic rings. The van der Waals surface area contributed by atoms with Crippen LogP contribution in [0.25, 0.3) is 0 Å². The molecule has 1 aromatic rings. The van der Waals surface area contributed by atoms with Gasteiger partial charge in [-0.25, -0.2) is 4.98 Å². The number of piperidine rings is 1. The van der Waals surface area contributed by atoms with Gasteiger partial charge in [-0.3, -0.25) is 0 Å². The molecule has 0 amide bonds. The van der Waals surface area contributed by atoms with Gasteiger partial charge in [0.15, 0.2) is 0 Å². The van der Waals surface area contributed by atoms with Crippen LogP contribution >= 0.6 is 0 Å². The molecule has 94 valence electrons. The van der Waals surface area contributed by atoms with Gasteiger partial charge in [-0.1, -0.05) is 19.4 Å². The number of pyridine rings is 1.